The standard InChI is InChI=1S/C43H53OP/c1-27(2)33-19-14-20-34(28(3)4)40(33)37-23-16-24-38(41-35(29(5)6)21-15-22-36(41)30(7)8)42(37)45-39(31-17-12-11-13-18-31)25-32(44)26-43(45,9)10/h11-24,27-30,39H,25-26H2,1-10H3. The lowest BCUT2D eigenvalue weighted by Crippen LogP contribution is -2.36. The second kappa shape index (κ2) is 13.4. The van der Waals surface area contributed by atoms with E-state index in [-0.39, 0.29) is 10.8 Å². The summed E-state index contributed by atoms with van der Waals surface area (Å²) in [5, 5.41) is 1.33. The lowest BCUT2D eigenvalue weighted by Gasteiger charge is -2.46. The number of ketones is 1. The number of hydrogen-bond donors (Lipinski definition) is 0. The number of carbonyl (C=O) groups excluding carboxylic acids is 1. The zero-order chi connectivity index (χ0) is 32.6. The van der Waals surface area contributed by atoms with Crippen molar-refractivity contribution in [2.24, 2.45) is 0 Å². The molecule has 0 spiro atoms. The molecule has 2 unspecified atom stereocenters. The summed E-state index contributed by atoms with van der Waals surface area (Å²) in [6, 6.07) is 32.0. The van der Waals surface area contributed by atoms with Crippen molar-refractivity contribution in [3.8, 4) is 22.3 Å². The lowest BCUT2D eigenvalue weighted by atomic mass is 9.82. The van der Waals surface area contributed by atoms with Crippen LogP contribution in [-0.2, 0) is 4.79 Å². The van der Waals surface area contributed by atoms with E-state index in [1.807, 2.05) is 0 Å². The van der Waals surface area contributed by atoms with E-state index in [0.717, 1.165) is 0 Å². The van der Waals surface area contributed by atoms with Crippen LogP contribution in [0.3, 0.4) is 0 Å². The first-order chi connectivity index (χ1) is 21.3. The summed E-state index contributed by atoms with van der Waals surface area (Å²) in [5.74, 6) is 1.96. The summed E-state index contributed by atoms with van der Waals surface area (Å²) in [6.45, 7) is 23.4. The molecule has 2 atom stereocenters. The summed E-state index contributed by atoms with van der Waals surface area (Å²) < 4.78 is 0. The molecule has 0 amide bonds. The SMILES string of the molecule is CC(C)c1cccc(C(C)C)c1-c1cccc(-c2c(C(C)C)cccc2C(C)C)c1P1C(c2ccccc2)CC(=O)CC1(C)C. The van der Waals surface area contributed by atoms with E-state index in [4.69, 9.17) is 0 Å². The molecule has 2 heteroatoms. The van der Waals surface area contributed by atoms with Crippen LogP contribution >= 0.6 is 7.92 Å². The van der Waals surface area contributed by atoms with Gasteiger partial charge in [-0.1, -0.05) is 162 Å². The Morgan fingerprint density at radius 1 is 0.578 bits per heavy atom. The van der Waals surface area contributed by atoms with Crippen LogP contribution in [0.1, 0.15) is 139 Å². The second-order valence-electron chi connectivity index (χ2n) is 15.0. The Morgan fingerprint density at radius 3 is 1.38 bits per heavy atom. The molecular formula is C43H53OP. The van der Waals surface area contributed by atoms with Crippen LogP contribution in [0, 0.1) is 0 Å². The first kappa shape index (κ1) is 33.3. The van der Waals surface area contributed by atoms with Gasteiger partial charge in [-0.3, -0.25) is 4.79 Å². The molecule has 0 saturated carbocycles. The van der Waals surface area contributed by atoms with Crippen molar-refractivity contribution in [3.05, 3.63) is 113 Å². The Morgan fingerprint density at radius 2 is 0.978 bits per heavy atom. The van der Waals surface area contributed by atoms with E-state index in [1.54, 1.807) is 0 Å². The highest BCUT2D eigenvalue weighted by molar-refractivity contribution is 7.68. The average Bonchev–Trinajstić information content (AvgIpc) is 2.99. The highest BCUT2D eigenvalue weighted by Gasteiger charge is 2.46. The fourth-order valence-electron chi connectivity index (χ4n) is 7.70. The summed E-state index contributed by atoms with van der Waals surface area (Å²) in [7, 11) is -0.813. The van der Waals surface area contributed by atoms with Gasteiger partial charge in [-0.15, -0.1) is 0 Å². The Labute approximate surface area is 274 Å². The minimum Gasteiger partial charge on any atom is -0.300 e. The van der Waals surface area contributed by atoms with Gasteiger partial charge in [-0.2, -0.15) is 0 Å². The van der Waals surface area contributed by atoms with Gasteiger partial charge in [0.05, 0.1) is 0 Å². The van der Waals surface area contributed by atoms with Crippen LogP contribution in [-0.4, -0.2) is 10.9 Å². The molecule has 236 valence electrons. The van der Waals surface area contributed by atoms with E-state index < -0.39 is 7.92 Å². The minimum absolute atomic E-state index is 0.161. The average molecular weight is 617 g/mol. The zero-order valence-corrected chi connectivity index (χ0v) is 30.1. The Bertz CT molecular complexity index is 1520. The number of benzene rings is 4. The predicted molar refractivity (Wildman–Crippen MR) is 198 cm³/mol. The molecule has 0 aliphatic carbocycles. The topological polar surface area (TPSA) is 17.1 Å². The molecular weight excluding hydrogens is 563 g/mol. The highest BCUT2D eigenvalue weighted by Crippen LogP contribution is 2.67. The van der Waals surface area contributed by atoms with Gasteiger partial charge in [-0.05, 0) is 84.2 Å². The maximum absolute atomic E-state index is 13.5. The molecule has 4 aromatic rings. The summed E-state index contributed by atoms with van der Waals surface area (Å²) in [6.07, 6.45) is 1.24. The van der Waals surface area contributed by atoms with E-state index in [0.29, 0.717) is 42.3 Å². The van der Waals surface area contributed by atoms with Gasteiger partial charge in [-0.25, -0.2) is 0 Å². The zero-order valence-electron chi connectivity index (χ0n) is 29.2. The van der Waals surface area contributed by atoms with E-state index in [1.165, 1.54) is 55.4 Å². The molecule has 5 rings (SSSR count). The fourth-order valence-corrected chi connectivity index (χ4v) is 11.6. The molecule has 45 heavy (non-hydrogen) atoms. The molecule has 1 heterocycles. The number of hydrogen-bond acceptors (Lipinski definition) is 1. The predicted octanol–water partition coefficient (Wildman–Crippen LogP) is 12.5. The van der Waals surface area contributed by atoms with Crippen LogP contribution in [0.2, 0.25) is 0 Å². The molecule has 1 nitrogen and oxygen atoms in total. The van der Waals surface area contributed by atoms with Gasteiger partial charge in [0.2, 0.25) is 0 Å². The molecule has 1 aliphatic rings. The van der Waals surface area contributed by atoms with Gasteiger partial charge in [0, 0.05) is 18.5 Å². The first-order valence-corrected chi connectivity index (χ1v) is 18.5. The molecule has 0 bridgehead atoms. The van der Waals surface area contributed by atoms with Gasteiger partial charge >= 0.3 is 0 Å². The van der Waals surface area contributed by atoms with Gasteiger partial charge in [0.1, 0.15) is 5.78 Å². The van der Waals surface area contributed by atoms with Crippen LogP contribution in [0.5, 0.6) is 0 Å². The van der Waals surface area contributed by atoms with Crippen LogP contribution in [0.25, 0.3) is 22.3 Å². The third-order valence-corrected chi connectivity index (χ3v) is 13.3. The molecule has 0 aromatic heterocycles. The minimum atomic E-state index is -0.813. The second-order valence-corrected chi connectivity index (χ2v) is 18.0. The fraction of sp³-hybridized carbons (Fsp3) is 0.419. The lowest BCUT2D eigenvalue weighted by molar-refractivity contribution is -0.119. The van der Waals surface area contributed by atoms with Crippen molar-refractivity contribution < 1.29 is 4.79 Å². The Kier molecular flexibility index (Phi) is 9.91. The van der Waals surface area contributed by atoms with E-state index in [2.05, 4.69) is 154 Å². The molecule has 1 aliphatic heterocycles. The van der Waals surface area contributed by atoms with Gasteiger partial charge in [0.25, 0.3) is 0 Å². The van der Waals surface area contributed by atoms with E-state index in [9.17, 15) is 4.79 Å². The van der Waals surface area contributed by atoms with Crippen LogP contribution in [0.4, 0.5) is 0 Å². The normalized spacial score (nSPS) is 18.4. The molecule has 0 radical (unpaired) electrons. The monoisotopic (exact) mass is 616 g/mol. The number of carbonyl (C=O) groups is 1. The molecule has 0 N–H and O–H groups in total. The largest absolute Gasteiger partial charge is 0.300 e. The number of Topliss-reactive ketones (excluding diaryl/α,β-unsaturated/α-hetero) is 1. The molecule has 1 fully saturated rings. The number of rotatable bonds is 8. The Balaban J connectivity index is 2.00. The van der Waals surface area contributed by atoms with Gasteiger partial charge < -0.3 is 0 Å². The smallest absolute Gasteiger partial charge is 0.134 e. The van der Waals surface area contributed by atoms with Crippen molar-refractivity contribution in [2.75, 3.05) is 0 Å². The third kappa shape index (κ3) is 6.49. The molecule has 1 saturated heterocycles. The van der Waals surface area contributed by atoms with Crippen molar-refractivity contribution in [2.45, 2.75) is 117 Å². The maximum Gasteiger partial charge on any atom is 0.134 e. The molecule has 4 aromatic carbocycles. The Hall–Kier alpha value is -3.02. The quantitative estimate of drug-likeness (QED) is 0.180. The van der Waals surface area contributed by atoms with Crippen molar-refractivity contribution >= 4 is 19.0 Å². The van der Waals surface area contributed by atoms with Crippen molar-refractivity contribution in [3.63, 3.8) is 0 Å². The summed E-state index contributed by atoms with van der Waals surface area (Å²) >= 11 is 0. The van der Waals surface area contributed by atoms with Crippen LogP contribution < -0.4 is 5.30 Å². The van der Waals surface area contributed by atoms with Crippen LogP contribution in [0.15, 0.2) is 84.9 Å². The van der Waals surface area contributed by atoms with Crippen molar-refractivity contribution in [1.29, 1.82) is 0 Å². The van der Waals surface area contributed by atoms with Crippen molar-refractivity contribution in [1.82, 2.24) is 0 Å². The third-order valence-electron chi connectivity index (χ3n) is 9.76. The van der Waals surface area contributed by atoms with E-state index >= 15 is 0 Å². The summed E-state index contributed by atoms with van der Waals surface area (Å²) in [5.41, 5.74) is 12.7. The highest BCUT2D eigenvalue weighted by atomic mass is 31.1. The first-order valence-electron chi connectivity index (χ1n) is 17.1. The summed E-state index contributed by atoms with van der Waals surface area (Å²) in [4.78, 5) is 13.5. The van der Waals surface area contributed by atoms with Gasteiger partial charge in [0.15, 0.2) is 0 Å². The maximum atomic E-state index is 13.5.